The van der Waals surface area contributed by atoms with Crippen LogP contribution in [0.1, 0.15) is 51.3 Å². The van der Waals surface area contributed by atoms with Crippen LogP contribution in [0.5, 0.6) is 5.75 Å². The number of rotatable bonds is 5. The number of fused-ring (bicyclic) bond motifs is 4. The zero-order valence-electron chi connectivity index (χ0n) is 31.0. The molecule has 0 aliphatic heterocycles. The number of phenols is 1. The maximum atomic E-state index is 11.3. The summed E-state index contributed by atoms with van der Waals surface area (Å²) in [5.74, 6) is 0.850. The molecule has 268 valence electrons. The van der Waals surface area contributed by atoms with Crippen LogP contribution >= 0.6 is 0 Å². The van der Waals surface area contributed by atoms with Crippen molar-refractivity contribution in [3.8, 4) is 67.5 Å². The van der Waals surface area contributed by atoms with Gasteiger partial charge in [-0.15, -0.1) is 29.8 Å². The number of phenolic OH excluding ortho intramolecular Hbond substituents is 1. The monoisotopic (exact) mass is 881 g/mol. The van der Waals surface area contributed by atoms with Crippen molar-refractivity contribution in [3.05, 3.63) is 168 Å². The van der Waals surface area contributed by atoms with E-state index in [2.05, 4.69) is 154 Å². The van der Waals surface area contributed by atoms with Gasteiger partial charge < -0.3 is 5.11 Å². The normalized spacial score (nSPS) is 13.0. The molecule has 2 aromatic heterocycles. The molecule has 5 heteroatoms. The minimum Gasteiger partial charge on any atom is -0.507 e. The Balaban J connectivity index is 0.00000413. The molecule has 0 bridgehead atoms. The first-order valence-corrected chi connectivity index (χ1v) is 18.2. The van der Waals surface area contributed by atoms with E-state index >= 15 is 0 Å². The van der Waals surface area contributed by atoms with Crippen LogP contribution in [0, 0.1) is 6.07 Å². The second kappa shape index (κ2) is 13.4. The predicted octanol–water partition coefficient (Wildman–Crippen LogP) is 12.2. The zero-order chi connectivity index (χ0) is 36.5. The van der Waals surface area contributed by atoms with Gasteiger partial charge in [0.25, 0.3) is 0 Å². The summed E-state index contributed by atoms with van der Waals surface area (Å²) in [6, 6.07) is 51.9. The molecule has 4 nitrogen and oxygen atoms in total. The molecule has 0 fully saturated rings. The summed E-state index contributed by atoms with van der Waals surface area (Å²) in [5, 5.41) is 11.3. The van der Waals surface area contributed by atoms with Gasteiger partial charge in [0.1, 0.15) is 11.6 Å². The van der Waals surface area contributed by atoms with Crippen LogP contribution in [-0.2, 0) is 31.9 Å². The molecule has 8 aromatic rings. The topological polar surface area (TPSA) is 50.9 Å². The minimum absolute atomic E-state index is 0. The summed E-state index contributed by atoms with van der Waals surface area (Å²) in [4.78, 5) is 10.4. The Morgan fingerprint density at radius 3 is 2.11 bits per heavy atom. The van der Waals surface area contributed by atoms with Gasteiger partial charge in [-0.2, -0.15) is 0 Å². The van der Waals surface area contributed by atoms with Gasteiger partial charge in [0.2, 0.25) is 0 Å². The molecule has 1 aliphatic rings. The fourth-order valence-electron chi connectivity index (χ4n) is 8.07. The first-order chi connectivity index (χ1) is 25.6. The van der Waals surface area contributed by atoms with E-state index in [1.807, 2.05) is 30.5 Å². The third kappa shape index (κ3) is 5.72. The van der Waals surface area contributed by atoms with Crippen LogP contribution < -0.4 is 0 Å². The molecule has 0 spiro atoms. The summed E-state index contributed by atoms with van der Waals surface area (Å²) in [5.41, 5.74) is 15.5. The Bertz CT molecular complexity index is 2700. The van der Waals surface area contributed by atoms with Gasteiger partial charge in [-0.25, -0.2) is 4.98 Å². The molecule has 1 aliphatic carbocycles. The van der Waals surface area contributed by atoms with E-state index in [9.17, 15) is 5.11 Å². The van der Waals surface area contributed by atoms with Gasteiger partial charge in [-0.05, 0) is 75.2 Å². The van der Waals surface area contributed by atoms with E-state index in [1.54, 1.807) is 6.07 Å². The summed E-state index contributed by atoms with van der Waals surface area (Å²) in [6.45, 7) is 11.3. The molecule has 0 amide bonds. The number of benzene rings is 6. The van der Waals surface area contributed by atoms with Gasteiger partial charge >= 0.3 is 0 Å². The molecule has 0 saturated heterocycles. The van der Waals surface area contributed by atoms with Gasteiger partial charge in [0.15, 0.2) is 0 Å². The number of imidazole rings is 1. The van der Waals surface area contributed by atoms with E-state index in [0.29, 0.717) is 11.4 Å². The van der Waals surface area contributed by atoms with Crippen LogP contribution in [0.25, 0.3) is 72.7 Å². The van der Waals surface area contributed by atoms with Crippen LogP contribution in [0.2, 0.25) is 0 Å². The van der Waals surface area contributed by atoms with E-state index in [4.69, 9.17) is 9.97 Å². The van der Waals surface area contributed by atoms with Crippen molar-refractivity contribution in [1.82, 2.24) is 14.5 Å². The van der Waals surface area contributed by atoms with Crippen molar-refractivity contribution in [1.29, 1.82) is 0 Å². The fourth-order valence-corrected chi connectivity index (χ4v) is 8.07. The summed E-state index contributed by atoms with van der Waals surface area (Å²) < 4.78 is 2.21. The summed E-state index contributed by atoms with van der Waals surface area (Å²) in [7, 11) is 0. The largest absolute Gasteiger partial charge is 0.507 e. The van der Waals surface area contributed by atoms with Crippen molar-refractivity contribution in [2.24, 2.45) is 0 Å². The van der Waals surface area contributed by atoms with Crippen LogP contribution in [0.3, 0.4) is 0 Å². The number of aromatic hydroxyl groups is 1. The summed E-state index contributed by atoms with van der Waals surface area (Å²) in [6.07, 6.45) is 1.93. The van der Waals surface area contributed by atoms with Crippen molar-refractivity contribution in [2.75, 3.05) is 0 Å². The molecule has 0 atom stereocenters. The van der Waals surface area contributed by atoms with E-state index in [0.717, 1.165) is 50.2 Å². The molecular weight excluding hydrogens is 842 g/mol. The standard InChI is InChI=1S/C49H40N3O.Pt/c1-48(2,3)34-25-26-41(38(30-34)31-15-7-6-8-16-31)52-42-23-14-21-35(46(42)51-47(52)37-20-10-12-24-43(37)53)32-17-13-18-33(29-32)45-44-36-19-9-11-22-39(36)49(4,5)40(44)27-28-50-45;/h6-28,30,53H,1-5H3;/q-1;. The van der Waals surface area contributed by atoms with Crippen LogP contribution in [0.4, 0.5) is 0 Å². The summed E-state index contributed by atoms with van der Waals surface area (Å²) >= 11 is 0. The molecular formula is C49H40N3OPt-. The molecule has 6 aromatic carbocycles. The molecule has 9 rings (SSSR count). The zero-order valence-corrected chi connectivity index (χ0v) is 33.2. The van der Waals surface area contributed by atoms with E-state index in [1.165, 1.54) is 27.8 Å². The number of nitrogens with zero attached hydrogens (tertiary/aromatic N) is 3. The van der Waals surface area contributed by atoms with Gasteiger partial charge in [-0.3, -0.25) is 9.55 Å². The predicted molar refractivity (Wildman–Crippen MR) is 217 cm³/mol. The van der Waals surface area contributed by atoms with E-state index in [-0.39, 0.29) is 37.6 Å². The number of para-hydroxylation sites is 2. The Hall–Kier alpha value is -5.57. The second-order valence-electron chi connectivity index (χ2n) is 15.5. The average Bonchev–Trinajstić information content (AvgIpc) is 3.67. The second-order valence-corrected chi connectivity index (χ2v) is 15.5. The quantitative estimate of drug-likeness (QED) is 0.175. The van der Waals surface area contributed by atoms with Crippen molar-refractivity contribution in [2.45, 2.75) is 45.4 Å². The number of pyridine rings is 1. The Labute approximate surface area is 331 Å². The van der Waals surface area contributed by atoms with Crippen LogP contribution in [0.15, 0.2) is 146 Å². The first-order valence-electron chi connectivity index (χ1n) is 18.2. The van der Waals surface area contributed by atoms with Crippen molar-refractivity contribution < 1.29 is 26.2 Å². The van der Waals surface area contributed by atoms with Crippen molar-refractivity contribution in [3.63, 3.8) is 0 Å². The maximum Gasteiger partial charge on any atom is 0.148 e. The van der Waals surface area contributed by atoms with Gasteiger partial charge in [0.05, 0.1) is 22.3 Å². The number of hydrogen-bond donors (Lipinski definition) is 1. The SMILES string of the molecule is CC(C)(C)c1ccc(-n2c(-c3ccccc3O)nc3c(-c4[c-]c(-c5nccc6c5-c5ccccc5C6(C)C)ccc4)cccc32)c(-c2ccccc2)c1.[Pt]. The molecule has 0 radical (unpaired) electrons. The molecule has 1 N–H and O–H groups in total. The Morgan fingerprint density at radius 1 is 0.648 bits per heavy atom. The Morgan fingerprint density at radius 2 is 1.33 bits per heavy atom. The maximum absolute atomic E-state index is 11.3. The van der Waals surface area contributed by atoms with Crippen LogP contribution in [-0.4, -0.2) is 19.6 Å². The van der Waals surface area contributed by atoms with E-state index < -0.39 is 0 Å². The molecule has 0 saturated carbocycles. The minimum atomic E-state index is -0.122. The van der Waals surface area contributed by atoms with Crippen molar-refractivity contribution >= 4 is 11.0 Å². The number of hydrogen-bond acceptors (Lipinski definition) is 3. The fraction of sp³-hybridized carbons (Fsp3) is 0.143. The molecule has 54 heavy (non-hydrogen) atoms. The Kier molecular flexibility index (Phi) is 8.78. The molecule has 2 heterocycles. The first kappa shape index (κ1) is 35.5. The smallest absolute Gasteiger partial charge is 0.148 e. The van der Waals surface area contributed by atoms with Gasteiger partial charge in [0, 0.05) is 43.9 Å². The number of aromatic nitrogens is 3. The average molecular weight is 882 g/mol. The third-order valence-electron chi connectivity index (χ3n) is 10.9. The third-order valence-corrected chi connectivity index (χ3v) is 10.9. The van der Waals surface area contributed by atoms with Gasteiger partial charge in [-0.1, -0.05) is 131 Å². The molecule has 0 unspecified atom stereocenters.